The standard InChI is InChI=1S/C11H14F2O/c1-11(12,13)10-6-4-9(5-7-10)3-2-8-14/h4-7,14H,2-3,8H2,1H3. The monoisotopic (exact) mass is 200 g/mol. The van der Waals surface area contributed by atoms with Gasteiger partial charge in [-0.25, -0.2) is 8.78 Å². The molecule has 0 aliphatic heterocycles. The highest BCUT2D eigenvalue weighted by Gasteiger charge is 2.23. The normalized spacial score (nSPS) is 11.7. The maximum atomic E-state index is 12.8. The van der Waals surface area contributed by atoms with E-state index in [4.69, 9.17) is 5.11 Å². The van der Waals surface area contributed by atoms with Gasteiger partial charge in [-0.05, 0) is 18.4 Å². The molecule has 0 radical (unpaired) electrons. The van der Waals surface area contributed by atoms with Gasteiger partial charge in [-0.2, -0.15) is 0 Å². The number of halogens is 2. The first-order valence-corrected chi connectivity index (χ1v) is 4.62. The average Bonchev–Trinajstić information content (AvgIpc) is 2.14. The molecule has 0 bridgehead atoms. The second-order valence-corrected chi connectivity index (χ2v) is 3.41. The molecule has 0 amide bonds. The fourth-order valence-electron chi connectivity index (χ4n) is 1.25. The summed E-state index contributed by atoms with van der Waals surface area (Å²) in [6, 6.07) is 6.24. The van der Waals surface area contributed by atoms with Crippen LogP contribution >= 0.6 is 0 Å². The molecule has 0 aliphatic carbocycles. The molecule has 0 unspecified atom stereocenters. The van der Waals surface area contributed by atoms with Crippen LogP contribution in [0.5, 0.6) is 0 Å². The number of alkyl halides is 2. The maximum Gasteiger partial charge on any atom is 0.270 e. The lowest BCUT2D eigenvalue weighted by Crippen LogP contribution is -2.06. The van der Waals surface area contributed by atoms with E-state index in [1.54, 1.807) is 12.1 Å². The Morgan fingerprint density at radius 1 is 1.21 bits per heavy atom. The number of aliphatic hydroxyl groups excluding tert-OH is 1. The van der Waals surface area contributed by atoms with Gasteiger partial charge in [0.15, 0.2) is 0 Å². The van der Waals surface area contributed by atoms with Gasteiger partial charge in [0.2, 0.25) is 0 Å². The molecule has 1 aromatic rings. The van der Waals surface area contributed by atoms with Gasteiger partial charge in [0, 0.05) is 19.1 Å². The first kappa shape index (κ1) is 11.1. The number of aryl methyl sites for hydroxylation is 1. The molecule has 78 valence electrons. The number of aliphatic hydroxyl groups is 1. The van der Waals surface area contributed by atoms with Crippen LogP contribution in [-0.2, 0) is 12.3 Å². The topological polar surface area (TPSA) is 20.2 Å². The van der Waals surface area contributed by atoms with Crippen LogP contribution < -0.4 is 0 Å². The van der Waals surface area contributed by atoms with Crippen LogP contribution in [0.25, 0.3) is 0 Å². The van der Waals surface area contributed by atoms with Gasteiger partial charge in [-0.15, -0.1) is 0 Å². The van der Waals surface area contributed by atoms with Crippen LogP contribution in [0.1, 0.15) is 24.5 Å². The number of benzene rings is 1. The highest BCUT2D eigenvalue weighted by atomic mass is 19.3. The summed E-state index contributed by atoms with van der Waals surface area (Å²) in [5.41, 5.74) is 1.01. The zero-order valence-electron chi connectivity index (χ0n) is 8.13. The predicted molar refractivity (Wildman–Crippen MR) is 51.4 cm³/mol. The minimum absolute atomic E-state index is 0.0326. The quantitative estimate of drug-likeness (QED) is 0.792. The molecule has 0 spiro atoms. The summed E-state index contributed by atoms with van der Waals surface area (Å²) in [6.07, 6.45) is 1.40. The van der Waals surface area contributed by atoms with Crippen molar-refractivity contribution in [2.45, 2.75) is 25.7 Å². The van der Waals surface area contributed by atoms with Crippen molar-refractivity contribution in [1.82, 2.24) is 0 Å². The van der Waals surface area contributed by atoms with E-state index in [9.17, 15) is 8.78 Å². The first-order valence-electron chi connectivity index (χ1n) is 4.62. The fourth-order valence-corrected chi connectivity index (χ4v) is 1.25. The van der Waals surface area contributed by atoms with Crippen LogP contribution in [0.4, 0.5) is 8.78 Å². The summed E-state index contributed by atoms with van der Waals surface area (Å²) >= 11 is 0. The number of hydrogen-bond donors (Lipinski definition) is 1. The van der Waals surface area contributed by atoms with E-state index < -0.39 is 5.92 Å². The van der Waals surface area contributed by atoms with Crippen LogP contribution in [0.2, 0.25) is 0 Å². The third-order valence-electron chi connectivity index (χ3n) is 2.08. The van der Waals surface area contributed by atoms with Gasteiger partial charge in [0.25, 0.3) is 5.92 Å². The maximum absolute atomic E-state index is 12.8. The number of hydrogen-bond acceptors (Lipinski definition) is 1. The van der Waals surface area contributed by atoms with Crippen LogP contribution in [0, 0.1) is 0 Å². The fraction of sp³-hybridized carbons (Fsp3) is 0.455. The SMILES string of the molecule is CC(F)(F)c1ccc(CCCO)cc1. The molecular weight excluding hydrogens is 186 g/mol. The predicted octanol–water partition coefficient (Wildman–Crippen LogP) is 2.72. The second-order valence-electron chi connectivity index (χ2n) is 3.41. The Kier molecular flexibility index (Phi) is 3.58. The Morgan fingerprint density at radius 2 is 1.79 bits per heavy atom. The van der Waals surface area contributed by atoms with Crippen molar-refractivity contribution in [2.24, 2.45) is 0 Å². The third kappa shape index (κ3) is 3.07. The molecule has 14 heavy (non-hydrogen) atoms. The highest BCUT2D eigenvalue weighted by molar-refractivity contribution is 5.25. The Hall–Kier alpha value is -0.960. The van der Waals surface area contributed by atoms with Gasteiger partial charge >= 0.3 is 0 Å². The summed E-state index contributed by atoms with van der Waals surface area (Å²) in [5.74, 6) is -2.77. The van der Waals surface area contributed by atoms with Crippen LogP contribution in [-0.4, -0.2) is 11.7 Å². The van der Waals surface area contributed by atoms with E-state index in [-0.39, 0.29) is 12.2 Å². The van der Waals surface area contributed by atoms with Gasteiger partial charge in [0.05, 0.1) is 0 Å². The minimum atomic E-state index is -2.77. The van der Waals surface area contributed by atoms with Crippen LogP contribution in [0.15, 0.2) is 24.3 Å². The first-order chi connectivity index (χ1) is 6.54. The summed E-state index contributed by atoms with van der Waals surface area (Å²) in [4.78, 5) is 0. The van der Waals surface area contributed by atoms with Gasteiger partial charge in [-0.1, -0.05) is 24.3 Å². The molecule has 1 rings (SSSR count). The van der Waals surface area contributed by atoms with Crippen molar-refractivity contribution >= 4 is 0 Å². The lowest BCUT2D eigenvalue weighted by atomic mass is 10.0. The Balaban J connectivity index is 2.69. The molecule has 0 aliphatic rings. The summed E-state index contributed by atoms with van der Waals surface area (Å²) in [7, 11) is 0. The zero-order chi connectivity index (χ0) is 10.6. The van der Waals surface area contributed by atoms with E-state index in [1.165, 1.54) is 12.1 Å². The Bertz CT molecular complexity index is 274. The van der Waals surface area contributed by atoms with Gasteiger partial charge < -0.3 is 5.11 Å². The largest absolute Gasteiger partial charge is 0.396 e. The molecule has 1 aromatic carbocycles. The molecule has 0 atom stereocenters. The van der Waals surface area contributed by atoms with E-state index in [2.05, 4.69) is 0 Å². The van der Waals surface area contributed by atoms with E-state index in [0.717, 1.165) is 18.9 Å². The molecule has 0 aromatic heterocycles. The second kappa shape index (κ2) is 4.51. The zero-order valence-corrected chi connectivity index (χ0v) is 8.13. The molecule has 0 saturated heterocycles. The van der Waals surface area contributed by atoms with Gasteiger partial charge in [-0.3, -0.25) is 0 Å². The summed E-state index contributed by atoms with van der Waals surface area (Å²) in [5, 5.41) is 8.59. The van der Waals surface area contributed by atoms with Crippen molar-refractivity contribution in [3.63, 3.8) is 0 Å². The molecule has 0 saturated carbocycles. The summed E-state index contributed by atoms with van der Waals surface area (Å²) < 4.78 is 25.6. The van der Waals surface area contributed by atoms with Crippen molar-refractivity contribution in [1.29, 1.82) is 0 Å². The minimum Gasteiger partial charge on any atom is -0.396 e. The average molecular weight is 200 g/mol. The van der Waals surface area contributed by atoms with Crippen molar-refractivity contribution in [3.05, 3.63) is 35.4 Å². The van der Waals surface area contributed by atoms with E-state index in [1.807, 2.05) is 0 Å². The molecule has 1 nitrogen and oxygen atoms in total. The molecule has 3 heteroatoms. The smallest absolute Gasteiger partial charge is 0.270 e. The van der Waals surface area contributed by atoms with E-state index >= 15 is 0 Å². The van der Waals surface area contributed by atoms with Crippen LogP contribution in [0.3, 0.4) is 0 Å². The third-order valence-corrected chi connectivity index (χ3v) is 2.08. The van der Waals surface area contributed by atoms with Gasteiger partial charge in [0.1, 0.15) is 0 Å². The van der Waals surface area contributed by atoms with Crippen molar-refractivity contribution in [3.8, 4) is 0 Å². The highest BCUT2D eigenvalue weighted by Crippen LogP contribution is 2.26. The lowest BCUT2D eigenvalue weighted by molar-refractivity contribution is 0.0174. The van der Waals surface area contributed by atoms with Crippen molar-refractivity contribution in [2.75, 3.05) is 6.61 Å². The lowest BCUT2D eigenvalue weighted by Gasteiger charge is -2.10. The molecule has 0 fully saturated rings. The molecular formula is C11H14F2O. The molecule has 0 heterocycles. The van der Waals surface area contributed by atoms with E-state index in [0.29, 0.717) is 6.42 Å². The number of rotatable bonds is 4. The van der Waals surface area contributed by atoms with Crippen molar-refractivity contribution < 1.29 is 13.9 Å². The Morgan fingerprint density at radius 3 is 2.21 bits per heavy atom. The molecule has 1 N–H and O–H groups in total. The Labute approximate surface area is 82.4 Å². The summed E-state index contributed by atoms with van der Waals surface area (Å²) in [6.45, 7) is 1.02.